The molecule has 0 aromatic heterocycles. The van der Waals surface area contributed by atoms with Gasteiger partial charge in [0.15, 0.2) is 23.1 Å². The molecule has 58 heavy (non-hydrogen) atoms. The van der Waals surface area contributed by atoms with Gasteiger partial charge in [-0.1, -0.05) is 44.6 Å². The van der Waals surface area contributed by atoms with Crippen LogP contribution in [0.25, 0.3) is 0 Å². The number of rotatable bonds is 26. The Labute approximate surface area is 333 Å². The minimum atomic E-state index is -3.93. The maximum absolute atomic E-state index is 14.7. The third-order valence-electron chi connectivity index (χ3n) is 9.15. The number of carbonyl (C=O) groups is 1. The number of aryl methyl sites for hydroxylation is 1. The second-order valence-electron chi connectivity index (χ2n) is 13.7. The Morgan fingerprint density at radius 1 is 0.483 bits per heavy atom. The predicted molar refractivity (Wildman–Crippen MR) is 202 cm³/mol. The molecule has 0 aliphatic rings. The van der Waals surface area contributed by atoms with Gasteiger partial charge in [0.25, 0.3) is 0 Å². The highest BCUT2D eigenvalue weighted by molar-refractivity contribution is 5.78. The molecule has 0 saturated carbocycles. The number of benzene rings is 4. The minimum absolute atomic E-state index is 0.0246. The summed E-state index contributed by atoms with van der Waals surface area (Å²) in [4.78, 5) is 12.3. The van der Waals surface area contributed by atoms with Gasteiger partial charge in [-0.15, -0.1) is 0 Å². The van der Waals surface area contributed by atoms with E-state index >= 15 is 0 Å². The van der Waals surface area contributed by atoms with Crippen molar-refractivity contribution in [2.45, 2.75) is 103 Å². The smallest absolute Gasteiger partial charge is 0.426 e. The lowest BCUT2D eigenvalue weighted by atomic mass is 10.0. The zero-order chi connectivity index (χ0) is 42.1. The van der Waals surface area contributed by atoms with Gasteiger partial charge < -0.3 is 23.7 Å². The van der Waals surface area contributed by atoms with Crippen LogP contribution in [0, 0.1) is 30.2 Å². The summed E-state index contributed by atoms with van der Waals surface area (Å²) in [5.74, 6) is -6.94. The molecule has 0 amide bonds. The molecule has 6 nitrogen and oxygen atoms in total. The first kappa shape index (κ1) is 45.7. The summed E-state index contributed by atoms with van der Waals surface area (Å²) < 4.78 is 140. The van der Waals surface area contributed by atoms with Gasteiger partial charge in [-0.25, -0.2) is 4.39 Å². The second-order valence-corrected chi connectivity index (χ2v) is 13.7. The Morgan fingerprint density at radius 2 is 0.862 bits per heavy atom. The zero-order valence-electron chi connectivity index (χ0n) is 32.5. The molecule has 0 spiro atoms. The number of hydrogen-bond acceptors (Lipinski definition) is 6. The Morgan fingerprint density at radius 3 is 1.33 bits per heavy atom. The topological polar surface area (TPSA) is 63.2 Å². The maximum Gasteiger partial charge on any atom is 0.426 e. The molecule has 0 fully saturated rings. The van der Waals surface area contributed by atoms with Gasteiger partial charge in [-0.05, 0) is 112 Å². The number of ketones is 1. The van der Waals surface area contributed by atoms with Crippen molar-refractivity contribution >= 4 is 5.78 Å². The summed E-state index contributed by atoms with van der Waals surface area (Å²) >= 11 is 0. The molecule has 316 valence electrons. The van der Waals surface area contributed by atoms with E-state index in [-0.39, 0.29) is 18.0 Å². The summed E-state index contributed by atoms with van der Waals surface area (Å²) in [6.07, 6.45) is 1.77. The number of halogens is 8. The number of alkyl halides is 4. The van der Waals surface area contributed by atoms with Crippen molar-refractivity contribution in [2.24, 2.45) is 0 Å². The highest BCUT2D eigenvalue weighted by Crippen LogP contribution is 2.37. The van der Waals surface area contributed by atoms with E-state index < -0.39 is 63.9 Å². The van der Waals surface area contributed by atoms with Crippen LogP contribution in [-0.4, -0.2) is 25.6 Å². The summed E-state index contributed by atoms with van der Waals surface area (Å²) in [6.45, 7) is 3.72. The fraction of sp³-hybridized carbons (Fsp3) is 0.432. The first-order chi connectivity index (χ1) is 27.7. The molecule has 0 unspecified atom stereocenters. The van der Waals surface area contributed by atoms with Crippen LogP contribution in [-0.2, 0) is 17.0 Å². The third-order valence-corrected chi connectivity index (χ3v) is 9.15. The predicted octanol–water partition coefficient (Wildman–Crippen LogP) is 12.9. The molecule has 0 aliphatic heterocycles. The second kappa shape index (κ2) is 22.2. The van der Waals surface area contributed by atoms with Gasteiger partial charge in [-0.3, -0.25) is 4.79 Å². The van der Waals surface area contributed by atoms with Crippen LogP contribution in [0.3, 0.4) is 0 Å². The summed E-state index contributed by atoms with van der Waals surface area (Å²) in [7, 11) is 0. The molecule has 0 atom stereocenters. The molecule has 0 saturated heterocycles. The Hall–Kier alpha value is -5.01. The van der Waals surface area contributed by atoms with E-state index in [4.69, 9.17) is 14.2 Å². The molecule has 0 radical (unpaired) electrons. The molecule has 4 rings (SSSR count). The Kier molecular flexibility index (Phi) is 17.5. The molecule has 0 bridgehead atoms. The van der Waals surface area contributed by atoms with Crippen LogP contribution in [0.4, 0.5) is 35.1 Å². The van der Waals surface area contributed by atoms with Gasteiger partial charge in [0.2, 0.25) is 17.5 Å². The number of Topliss-reactive ketones (excluding diaryl/α,β-unsaturated/α-hetero) is 1. The number of hydrogen-bond donors (Lipinski definition) is 0. The quantitative estimate of drug-likeness (QED) is 0.0464. The maximum atomic E-state index is 14.7. The van der Waals surface area contributed by atoms with Gasteiger partial charge in [0, 0.05) is 12.8 Å². The molecule has 14 heteroatoms. The third kappa shape index (κ3) is 13.8. The molecular formula is C44H48F8O6. The van der Waals surface area contributed by atoms with Crippen LogP contribution in [0.2, 0.25) is 0 Å². The van der Waals surface area contributed by atoms with Gasteiger partial charge in [0.05, 0.1) is 30.9 Å². The lowest BCUT2D eigenvalue weighted by Gasteiger charge is -2.19. The first-order valence-electron chi connectivity index (χ1n) is 19.4. The van der Waals surface area contributed by atoms with Crippen LogP contribution < -0.4 is 23.7 Å². The van der Waals surface area contributed by atoms with Crippen molar-refractivity contribution in [3.8, 4) is 28.7 Å². The van der Waals surface area contributed by atoms with Gasteiger partial charge in [0.1, 0.15) is 17.3 Å². The lowest BCUT2D eigenvalue weighted by molar-refractivity contribution is -0.187. The monoisotopic (exact) mass is 824 g/mol. The summed E-state index contributed by atoms with van der Waals surface area (Å²) in [6, 6.07) is 13.8. The highest BCUT2D eigenvalue weighted by atomic mass is 19.3. The van der Waals surface area contributed by atoms with E-state index in [1.807, 2.05) is 0 Å². The van der Waals surface area contributed by atoms with E-state index in [1.54, 1.807) is 6.92 Å². The van der Waals surface area contributed by atoms with Crippen LogP contribution in [0.5, 0.6) is 28.7 Å². The fourth-order valence-corrected chi connectivity index (χ4v) is 5.87. The fourth-order valence-electron chi connectivity index (χ4n) is 5.87. The van der Waals surface area contributed by atoms with Crippen molar-refractivity contribution in [2.75, 3.05) is 19.8 Å². The Bertz CT molecular complexity index is 1890. The van der Waals surface area contributed by atoms with Crippen molar-refractivity contribution in [1.82, 2.24) is 0 Å². The van der Waals surface area contributed by atoms with Crippen LogP contribution >= 0.6 is 0 Å². The van der Waals surface area contributed by atoms with Gasteiger partial charge in [-0.2, -0.15) is 30.7 Å². The summed E-state index contributed by atoms with van der Waals surface area (Å²) in [5, 5.41) is 0. The SMILES string of the molecule is CCOc1ccc(OC(F)(F)c2ccc(OCCCCCCCC(=O)CCCCCCCOc3ccc(C(F)(F)Oc4ccc(C)c(F)c4F)cc3)cc2)c(F)c1F. The van der Waals surface area contributed by atoms with Crippen molar-refractivity contribution in [3.05, 3.63) is 113 Å². The molecule has 0 N–H and O–H groups in total. The number of carbonyl (C=O) groups excluding carboxylic acids is 1. The molecule has 0 heterocycles. The van der Waals surface area contributed by atoms with Gasteiger partial charge >= 0.3 is 12.2 Å². The van der Waals surface area contributed by atoms with Crippen LogP contribution in [0.1, 0.15) is 101 Å². The van der Waals surface area contributed by atoms with Crippen molar-refractivity contribution < 1.29 is 63.6 Å². The first-order valence-corrected chi connectivity index (χ1v) is 19.4. The average molecular weight is 825 g/mol. The number of unbranched alkanes of at least 4 members (excludes halogenated alkanes) is 8. The molecular weight excluding hydrogens is 776 g/mol. The summed E-state index contributed by atoms with van der Waals surface area (Å²) in [5.41, 5.74) is -1.12. The highest BCUT2D eigenvalue weighted by Gasteiger charge is 2.37. The van der Waals surface area contributed by atoms with E-state index in [0.29, 0.717) is 37.6 Å². The average Bonchev–Trinajstić information content (AvgIpc) is 3.20. The number of ether oxygens (including phenoxy) is 5. The minimum Gasteiger partial charge on any atom is -0.494 e. The van der Waals surface area contributed by atoms with Crippen molar-refractivity contribution in [3.63, 3.8) is 0 Å². The van der Waals surface area contributed by atoms with E-state index in [1.165, 1.54) is 31.2 Å². The molecule has 4 aromatic rings. The van der Waals surface area contributed by atoms with Crippen molar-refractivity contribution in [1.29, 1.82) is 0 Å². The van der Waals surface area contributed by atoms with Crippen LogP contribution in [0.15, 0.2) is 72.8 Å². The zero-order valence-corrected chi connectivity index (χ0v) is 32.5. The molecule has 4 aromatic carbocycles. The lowest BCUT2D eigenvalue weighted by Crippen LogP contribution is -2.22. The molecule has 0 aliphatic carbocycles. The standard InChI is InChI=1S/C44H48F8O6/c1-3-54-36-26-27-38(42(48)40(36)46)58-44(51,52)32-19-23-35(24-20-32)56-29-13-9-5-7-11-15-33(53)14-10-6-4-8-12-28-55-34-21-17-31(18-22-34)43(49,50)57-37-25-16-30(2)39(45)41(37)47/h16-27H,3-15,28-29H2,1-2H3. The normalized spacial score (nSPS) is 11.7. The Balaban J connectivity index is 0.984. The van der Waals surface area contributed by atoms with E-state index in [2.05, 4.69) is 9.47 Å². The van der Waals surface area contributed by atoms with E-state index in [0.717, 1.165) is 113 Å². The van der Waals surface area contributed by atoms with E-state index in [9.17, 15) is 39.9 Å². The largest absolute Gasteiger partial charge is 0.494 e.